The molecular weight excluding hydrogens is 210 g/mol. The van der Waals surface area contributed by atoms with Gasteiger partial charge in [0.2, 0.25) is 5.91 Å². The number of carboxylic acids is 1. The molecular formula is C11H15NO4. The highest BCUT2D eigenvalue weighted by atomic mass is 16.4. The molecule has 0 aromatic carbocycles. The van der Waals surface area contributed by atoms with Crippen LogP contribution in [0.2, 0.25) is 0 Å². The second kappa shape index (κ2) is 4.83. The van der Waals surface area contributed by atoms with Gasteiger partial charge in [-0.3, -0.25) is 4.79 Å². The number of furan rings is 1. The third kappa shape index (κ3) is 3.42. The molecule has 0 bridgehead atoms. The molecule has 0 fully saturated rings. The van der Waals surface area contributed by atoms with Crippen LogP contribution in [-0.4, -0.2) is 22.5 Å². The summed E-state index contributed by atoms with van der Waals surface area (Å²) in [6.07, 6.45) is 2.22. The Labute approximate surface area is 93.4 Å². The molecule has 0 aliphatic carbocycles. The van der Waals surface area contributed by atoms with Gasteiger partial charge in [-0.25, -0.2) is 4.79 Å². The summed E-state index contributed by atoms with van der Waals surface area (Å²) in [5.41, 5.74) is -1.24. The summed E-state index contributed by atoms with van der Waals surface area (Å²) in [7, 11) is 0. The van der Waals surface area contributed by atoms with Crippen molar-refractivity contribution in [2.45, 2.75) is 32.2 Å². The molecule has 1 heterocycles. The van der Waals surface area contributed by atoms with E-state index in [2.05, 4.69) is 5.32 Å². The minimum absolute atomic E-state index is 0.213. The molecule has 16 heavy (non-hydrogen) atoms. The number of rotatable bonds is 5. The minimum Gasteiger partial charge on any atom is -0.480 e. The van der Waals surface area contributed by atoms with Crippen LogP contribution in [0.4, 0.5) is 0 Å². The first kappa shape index (κ1) is 12.3. The Hall–Kier alpha value is -1.78. The monoisotopic (exact) mass is 225 g/mol. The second-order valence-electron chi connectivity index (χ2n) is 4.06. The predicted octanol–water partition coefficient (Wildman–Crippen LogP) is 1.19. The number of carboxylic acid groups (broad SMARTS) is 1. The minimum atomic E-state index is -1.24. The molecule has 0 aliphatic heterocycles. The Morgan fingerprint density at radius 3 is 2.69 bits per heavy atom. The van der Waals surface area contributed by atoms with Crippen LogP contribution in [-0.2, 0) is 16.0 Å². The second-order valence-corrected chi connectivity index (χ2v) is 4.06. The van der Waals surface area contributed by atoms with E-state index in [4.69, 9.17) is 9.52 Å². The Morgan fingerprint density at radius 2 is 2.19 bits per heavy atom. The lowest BCUT2D eigenvalue weighted by molar-refractivity contribution is -0.146. The highest BCUT2D eigenvalue weighted by Gasteiger charge is 2.28. The van der Waals surface area contributed by atoms with Crippen molar-refractivity contribution < 1.29 is 19.1 Å². The van der Waals surface area contributed by atoms with Gasteiger partial charge in [-0.1, -0.05) is 0 Å². The van der Waals surface area contributed by atoms with Crippen LogP contribution in [0.15, 0.2) is 22.8 Å². The molecule has 0 aliphatic rings. The zero-order chi connectivity index (χ0) is 12.2. The first-order valence-electron chi connectivity index (χ1n) is 4.98. The van der Waals surface area contributed by atoms with Crippen molar-refractivity contribution in [3.8, 4) is 0 Å². The summed E-state index contributed by atoms with van der Waals surface area (Å²) < 4.78 is 5.07. The fraction of sp³-hybridized carbons (Fsp3) is 0.455. The first-order chi connectivity index (χ1) is 7.42. The topological polar surface area (TPSA) is 79.5 Å². The van der Waals surface area contributed by atoms with Crippen molar-refractivity contribution in [2.75, 3.05) is 0 Å². The Kier molecular flexibility index (Phi) is 3.71. The van der Waals surface area contributed by atoms with Crippen LogP contribution >= 0.6 is 0 Å². The molecule has 2 N–H and O–H groups in total. The van der Waals surface area contributed by atoms with Crippen molar-refractivity contribution in [1.82, 2.24) is 5.32 Å². The van der Waals surface area contributed by atoms with Crippen LogP contribution in [0.3, 0.4) is 0 Å². The lowest BCUT2D eigenvalue weighted by atomic mass is 10.1. The van der Waals surface area contributed by atoms with Gasteiger partial charge in [0.1, 0.15) is 11.3 Å². The van der Waals surface area contributed by atoms with Gasteiger partial charge in [-0.05, 0) is 26.0 Å². The standard InChI is InChI=1S/C11H15NO4/c1-11(2,10(14)15)12-9(13)6-5-8-4-3-7-16-8/h3-4,7H,5-6H2,1-2H3,(H,12,13)(H,14,15). The summed E-state index contributed by atoms with van der Waals surface area (Å²) in [5, 5.41) is 11.2. The van der Waals surface area contributed by atoms with Gasteiger partial charge in [0.05, 0.1) is 6.26 Å². The van der Waals surface area contributed by atoms with Crippen LogP contribution in [0.25, 0.3) is 0 Å². The third-order valence-corrected chi connectivity index (χ3v) is 2.17. The SMILES string of the molecule is CC(C)(NC(=O)CCc1ccco1)C(=O)O. The predicted molar refractivity (Wildman–Crippen MR) is 56.9 cm³/mol. The van der Waals surface area contributed by atoms with E-state index >= 15 is 0 Å². The largest absolute Gasteiger partial charge is 0.480 e. The molecule has 1 rings (SSSR count). The van der Waals surface area contributed by atoms with Gasteiger partial charge in [0.25, 0.3) is 0 Å². The van der Waals surface area contributed by atoms with Crippen molar-refractivity contribution in [2.24, 2.45) is 0 Å². The maximum atomic E-state index is 11.4. The van der Waals surface area contributed by atoms with E-state index < -0.39 is 11.5 Å². The fourth-order valence-electron chi connectivity index (χ4n) is 1.16. The zero-order valence-corrected chi connectivity index (χ0v) is 9.32. The molecule has 1 aromatic heterocycles. The van der Waals surface area contributed by atoms with E-state index in [0.29, 0.717) is 12.2 Å². The molecule has 1 aromatic rings. The van der Waals surface area contributed by atoms with Gasteiger partial charge in [0, 0.05) is 12.8 Å². The maximum absolute atomic E-state index is 11.4. The zero-order valence-electron chi connectivity index (χ0n) is 9.32. The van der Waals surface area contributed by atoms with E-state index in [9.17, 15) is 9.59 Å². The van der Waals surface area contributed by atoms with Gasteiger partial charge in [0.15, 0.2) is 0 Å². The van der Waals surface area contributed by atoms with E-state index in [0.717, 1.165) is 0 Å². The summed E-state index contributed by atoms with van der Waals surface area (Å²) in [6.45, 7) is 2.89. The first-order valence-corrected chi connectivity index (χ1v) is 4.98. The van der Waals surface area contributed by atoms with Crippen LogP contribution in [0.1, 0.15) is 26.0 Å². The van der Waals surface area contributed by atoms with E-state index in [-0.39, 0.29) is 12.3 Å². The molecule has 88 valence electrons. The van der Waals surface area contributed by atoms with Gasteiger partial charge >= 0.3 is 5.97 Å². The van der Waals surface area contributed by atoms with E-state index in [1.165, 1.54) is 20.1 Å². The van der Waals surface area contributed by atoms with E-state index in [1.54, 1.807) is 12.1 Å². The molecule has 0 saturated carbocycles. The number of aliphatic carboxylic acids is 1. The van der Waals surface area contributed by atoms with Crippen LogP contribution < -0.4 is 5.32 Å². The summed E-state index contributed by atoms with van der Waals surface area (Å²) in [6, 6.07) is 3.52. The lowest BCUT2D eigenvalue weighted by Gasteiger charge is -2.20. The normalized spacial score (nSPS) is 11.1. The summed E-state index contributed by atoms with van der Waals surface area (Å²) in [5.74, 6) is -0.647. The van der Waals surface area contributed by atoms with Crippen molar-refractivity contribution in [3.63, 3.8) is 0 Å². The van der Waals surface area contributed by atoms with E-state index in [1.807, 2.05) is 0 Å². The molecule has 5 nitrogen and oxygen atoms in total. The number of hydrogen-bond donors (Lipinski definition) is 2. The lowest BCUT2D eigenvalue weighted by Crippen LogP contribution is -2.49. The number of carbonyl (C=O) groups is 2. The Balaban J connectivity index is 2.39. The molecule has 5 heteroatoms. The maximum Gasteiger partial charge on any atom is 0.328 e. The summed E-state index contributed by atoms with van der Waals surface area (Å²) in [4.78, 5) is 22.2. The Morgan fingerprint density at radius 1 is 1.50 bits per heavy atom. The van der Waals surface area contributed by atoms with Crippen LogP contribution in [0.5, 0.6) is 0 Å². The van der Waals surface area contributed by atoms with Crippen molar-refractivity contribution >= 4 is 11.9 Å². The molecule has 0 atom stereocenters. The summed E-state index contributed by atoms with van der Waals surface area (Å²) >= 11 is 0. The highest BCUT2D eigenvalue weighted by molar-refractivity contribution is 5.86. The number of nitrogens with one attached hydrogen (secondary N) is 1. The number of carbonyl (C=O) groups excluding carboxylic acids is 1. The highest BCUT2D eigenvalue weighted by Crippen LogP contribution is 2.06. The molecule has 1 amide bonds. The van der Waals surface area contributed by atoms with Gasteiger partial charge in [-0.2, -0.15) is 0 Å². The Bertz CT molecular complexity index is 367. The van der Waals surface area contributed by atoms with Crippen molar-refractivity contribution in [3.05, 3.63) is 24.2 Å². The third-order valence-electron chi connectivity index (χ3n) is 2.17. The molecule has 0 unspecified atom stereocenters. The van der Waals surface area contributed by atoms with Crippen molar-refractivity contribution in [1.29, 1.82) is 0 Å². The number of hydrogen-bond acceptors (Lipinski definition) is 3. The van der Waals surface area contributed by atoms with Gasteiger partial charge < -0.3 is 14.8 Å². The average molecular weight is 225 g/mol. The van der Waals surface area contributed by atoms with Crippen LogP contribution in [0, 0.1) is 0 Å². The molecule has 0 spiro atoms. The molecule has 0 saturated heterocycles. The smallest absolute Gasteiger partial charge is 0.328 e. The number of amides is 1. The number of aryl methyl sites for hydroxylation is 1. The fourth-order valence-corrected chi connectivity index (χ4v) is 1.16. The van der Waals surface area contributed by atoms with Gasteiger partial charge in [-0.15, -0.1) is 0 Å². The molecule has 0 radical (unpaired) electrons. The quantitative estimate of drug-likeness (QED) is 0.788. The average Bonchev–Trinajstić information content (AvgIpc) is 2.66.